The number of nitrogens with two attached hydrogens (primary N) is 2. The van der Waals surface area contributed by atoms with Gasteiger partial charge >= 0.3 is 23.9 Å². The molecule has 0 spiro atoms. The van der Waals surface area contributed by atoms with Crippen LogP contribution in [0.4, 0.5) is 11.4 Å². The van der Waals surface area contributed by atoms with Crippen molar-refractivity contribution in [1.29, 1.82) is 0 Å². The molecule has 6 rings (SSSR count). The highest BCUT2D eigenvalue weighted by Gasteiger charge is 2.59. The number of para-hydroxylation sites is 2. The largest absolute Gasteiger partial charge is 0.481 e. The van der Waals surface area contributed by atoms with Crippen molar-refractivity contribution < 1.29 is 39.6 Å². The number of carbonyl (C=O) groups is 4. The first-order valence-corrected chi connectivity index (χ1v) is 22.0. The van der Waals surface area contributed by atoms with Crippen molar-refractivity contribution in [2.24, 2.45) is 33.5 Å². The number of carboxylic acid groups (broad SMARTS) is 4. The van der Waals surface area contributed by atoms with Crippen LogP contribution in [0, 0.1) is 33.5 Å². The molecular formula is C48H76N4O8. The second kappa shape index (κ2) is 21.6. The van der Waals surface area contributed by atoms with Gasteiger partial charge in [-0.15, -0.1) is 0 Å². The van der Waals surface area contributed by atoms with Crippen LogP contribution in [0.3, 0.4) is 0 Å². The Morgan fingerprint density at radius 2 is 0.900 bits per heavy atom. The van der Waals surface area contributed by atoms with Gasteiger partial charge < -0.3 is 41.7 Å². The summed E-state index contributed by atoms with van der Waals surface area (Å²) in [6.45, 7) is 12.7. The van der Waals surface area contributed by atoms with E-state index < -0.39 is 57.4 Å². The molecule has 2 saturated heterocycles. The first kappa shape index (κ1) is 50.2. The highest BCUT2D eigenvalue weighted by atomic mass is 16.4. The fourth-order valence-electron chi connectivity index (χ4n) is 9.82. The Kier molecular flexibility index (Phi) is 18.0. The second-order valence-electron chi connectivity index (χ2n) is 19.3. The quantitative estimate of drug-likeness (QED) is 0.124. The number of rotatable bonds is 10. The van der Waals surface area contributed by atoms with Gasteiger partial charge in [0.1, 0.15) is 0 Å². The molecule has 0 bridgehead atoms. The van der Waals surface area contributed by atoms with Crippen LogP contribution in [0.15, 0.2) is 48.5 Å². The van der Waals surface area contributed by atoms with Crippen molar-refractivity contribution >= 4 is 35.3 Å². The number of hydrogen-bond donors (Lipinski definition) is 6. The van der Waals surface area contributed by atoms with Gasteiger partial charge in [-0.2, -0.15) is 0 Å². The average Bonchev–Trinajstić information content (AvgIpc) is 3.59. The molecule has 8 N–H and O–H groups in total. The number of benzene rings is 2. The lowest BCUT2D eigenvalue weighted by molar-refractivity contribution is -0.159. The maximum atomic E-state index is 11.1. The minimum atomic E-state index is -0.921. The molecule has 2 saturated carbocycles. The molecule has 336 valence electrons. The summed E-state index contributed by atoms with van der Waals surface area (Å²) in [5, 5.41) is 36.2. The second-order valence-corrected chi connectivity index (χ2v) is 19.3. The summed E-state index contributed by atoms with van der Waals surface area (Å²) >= 11 is 0. The standard InChI is InChI=1S/2C14H22N2.2C10H16O4/c2*1-16-11-5-4-7-13(16)10-9-12-6-2-3-8-14(12)15;2*1-9(2)6(7(11)12)4-5-10(9,3)8(13)14/h2*2-3,6,8,13H,4-5,7,9-11,15H2,1H3;2*6H,4-5H2,1-3H3,(H,11,12)(H,13,14)/t2*13-;2*6-,10+/m0011/s1. The summed E-state index contributed by atoms with van der Waals surface area (Å²) in [5.41, 5.74) is 13.2. The molecule has 0 aromatic heterocycles. The van der Waals surface area contributed by atoms with Gasteiger partial charge in [0, 0.05) is 23.5 Å². The van der Waals surface area contributed by atoms with Gasteiger partial charge in [-0.25, -0.2) is 0 Å². The Labute approximate surface area is 359 Å². The third-order valence-electron chi connectivity index (χ3n) is 15.4. The topological polar surface area (TPSA) is 208 Å². The number of likely N-dealkylation sites (tertiary alicyclic amines) is 2. The molecule has 6 atom stereocenters. The molecule has 2 heterocycles. The molecule has 0 amide bonds. The van der Waals surface area contributed by atoms with Crippen LogP contribution in [0.1, 0.15) is 130 Å². The van der Waals surface area contributed by atoms with Crippen LogP contribution >= 0.6 is 0 Å². The Balaban J connectivity index is 0.000000214. The molecule has 2 aliphatic carbocycles. The monoisotopic (exact) mass is 837 g/mol. The number of piperidine rings is 2. The van der Waals surface area contributed by atoms with Gasteiger partial charge in [-0.05, 0) is 152 Å². The van der Waals surface area contributed by atoms with Crippen molar-refractivity contribution in [1.82, 2.24) is 9.80 Å². The minimum absolute atomic E-state index is 0.437. The number of aryl methyl sites for hydroxylation is 2. The zero-order valence-electron chi connectivity index (χ0n) is 37.7. The third kappa shape index (κ3) is 12.0. The SMILES string of the molecule is CC1(C)[C@@H](C(=O)O)CC[C@@]1(C)C(=O)O.CC1(C)[C@@H](C(=O)O)CC[C@@]1(C)C(=O)O.CN1CCCC[C@H]1CCc1ccccc1N.CN1CCCC[C@H]1CCc1ccccc1N. The molecule has 0 radical (unpaired) electrons. The lowest BCUT2D eigenvalue weighted by Crippen LogP contribution is -2.42. The fraction of sp³-hybridized carbons (Fsp3) is 0.667. The van der Waals surface area contributed by atoms with Gasteiger partial charge in [0.15, 0.2) is 0 Å². The number of aliphatic carboxylic acids is 4. The van der Waals surface area contributed by atoms with E-state index in [-0.39, 0.29) is 0 Å². The zero-order valence-corrected chi connectivity index (χ0v) is 37.7. The molecule has 4 fully saturated rings. The molecule has 12 heteroatoms. The Bertz CT molecular complexity index is 1620. The number of anilines is 2. The van der Waals surface area contributed by atoms with Gasteiger partial charge in [0.05, 0.1) is 22.7 Å². The number of nitrogen functional groups attached to an aromatic ring is 2. The first-order valence-electron chi connectivity index (χ1n) is 22.0. The molecule has 4 aliphatic rings. The molecule has 60 heavy (non-hydrogen) atoms. The summed E-state index contributed by atoms with van der Waals surface area (Å²) in [6, 6.07) is 18.0. The van der Waals surface area contributed by atoms with Crippen LogP contribution in [0.2, 0.25) is 0 Å². The van der Waals surface area contributed by atoms with Crippen LogP contribution in [-0.2, 0) is 32.0 Å². The normalized spacial score (nSPS) is 28.4. The van der Waals surface area contributed by atoms with E-state index in [1.54, 1.807) is 41.5 Å². The van der Waals surface area contributed by atoms with Crippen molar-refractivity contribution in [2.75, 3.05) is 38.7 Å². The minimum Gasteiger partial charge on any atom is -0.481 e. The summed E-state index contributed by atoms with van der Waals surface area (Å²) in [4.78, 5) is 49.1. The van der Waals surface area contributed by atoms with Crippen molar-refractivity contribution in [3.63, 3.8) is 0 Å². The fourth-order valence-corrected chi connectivity index (χ4v) is 9.82. The molecule has 2 aromatic carbocycles. The molecular weight excluding hydrogens is 761 g/mol. The molecule has 2 aliphatic heterocycles. The lowest BCUT2D eigenvalue weighted by Gasteiger charge is -2.36. The Hall–Kier alpha value is -4.16. The van der Waals surface area contributed by atoms with Crippen molar-refractivity contribution in [3.8, 4) is 0 Å². The van der Waals surface area contributed by atoms with Crippen molar-refractivity contribution in [3.05, 3.63) is 59.7 Å². The maximum Gasteiger partial charge on any atom is 0.309 e. The van der Waals surface area contributed by atoms with Crippen LogP contribution in [0.5, 0.6) is 0 Å². The number of nitrogens with zero attached hydrogens (tertiary/aromatic N) is 2. The van der Waals surface area contributed by atoms with Gasteiger partial charge in [-0.1, -0.05) is 76.9 Å². The number of hydrogen-bond acceptors (Lipinski definition) is 8. The van der Waals surface area contributed by atoms with Crippen LogP contribution in [0.25, 0.3) is 0 Å². The highest BCUT2D eigenvalue weighted by molar-refractivity contribution is 5.80. The van der Waals surface area contributed by atoms with Crippen molar-refractivity contribution in [2.45, 2.75) is 144 Å². The molecule has 0 unspecified atom stereocenters. The van der Waals surface area contributed by atoms with Gasteiger partial charge in [0.2, 0.25) is 0 Å². The summed E-state index contributed by atoms with van der Waals surface area (Å²) < 4.78 is 0. The maximum absolute atomic E-state index is 11.1. The zero-order chi connectivity index (χ0) is 45.1. The smallest absolute Gasteiger partial charge is 0.309 e. The summed E-state index contributed by atoms with van der Waals surface area (Å²) in [5.74, 6) is -4.68. The Morgan fingerprint density at radius 3 is 1.15 bits per heavy atom. The van der Waals surface area contributed by atoms with Gasteiger partial charge in [-0.3, -0.25) is 19.2 Å². The third-order valence-corrected chi connectivity index (χ3v) is 15.4. The van der Waals surface area contributed by atoms with Crippen LogP contribution in [-0.4, -0.2) is 93.4 Å². The van der Waals surface area contributed by atoms with E-state index in [1.807, 2.05) is 24.3 Å². The van der Waals surface area contributed by atoms with Crippen LogP contribution < -0.4 is 11.5 Å². The predicted octanol–water partition coefficient (Wildman–Crippen LogP) is 8.57. The molecule has 12 nitrogen and oxygen atoms in total. The summed E-state index contributed by atoms with van der Waals surface area (Å²) in [6.07, 6.45) is 14.7. The lowest BCUT2D eigenvalue weighted by atomic mass is 9.66. The van der Waals surface area contributed by atoms with E-state index >= 15 is 0 Å². The average molecular weight is 837 g/mol. The summed E-state index contributed by atoms with van der Waals surface area (Å²) in [7, 11) is 4.50. The van der Waals surface area contributed by atoms with E-state index in [1.165, 1.54) is 75.6 Å². The van der Waals surface area contributed by atoms with E-state index in [0.717, 1.165) is 36.3 Å². The van der Waals surface area contributed by atoms with Gasteiger partial charge in [0.25, 0.3) is 0 Å². The first-order chi connectivity index (χ1) is 28.0. The highest BCUT2D eigenvalue weighted by Crippen LogP contribution is 2.57. The van der Waals surface area contributed by atoms with E-state index in [9.17, 15) is 19.2 Å². The van der Waals surface area contributed by atoms with E-state index in [4.69, 9.17) is 31.9 Å². The van der Waals surface area contributed by atoms with E-state index in [0.29, 0.717) is 25.7 Å². The van der Waals surface area contributed by atoms with E-state index in [2.05, 4.69) is 48.2 Å². The predicted molar refractivity (Wildman–Crippen MR) is 239 cm³/mol. The molecule has 2 aromatic rings. The Morgan fingerprint density at radius 1 is 0.567 bits per heavy atom. The number of carboxylic acids is 4.